The second-order valence-electron chi connectivity index (χ2n) is 6.47. The smallest absolute Gasteiger partial charge is 0.116 e. The second-order valence-corrected chi connectivity index (χ2v) is 6.47. The Morgan fingerprint density at radius 2 is 1.88 bits per heavy atom. The molecule has 0 aromatic rings. The second kappa shape index (κ2) is 3.13. The highest BCUT2D eigenvalue weighted by Gasteiger charge is 2.70. The highest BCUT2D eigenvalue weighted by Crippen LogP contribution is 2.63. The summed E-state index contributed by atoms with van der Waals surface area (Å²) in [5.41, 5.74) is 0.514. The molecule has 0 radical (unpaired) electrons. The molecule has 1 saturated heterocycles. The molecule has 4 atom stereocenters. The highest BCUT2D eigenvalue weighted by molar-refractivity contribution is 5.28. The lowest BCUT2D eigenvalue weighted by molar-refractivity contribution is 0.221. The van der Waals surface area contributed by atoms with Gasteiger partial charge in [-0.2, -0.15) is 0 Å². The number of hydrogen-bond donors (Lipinski definition) is 0. The molecule has 1 heteroatoms. The first-order valence-electron chi connectivity index (χ1n) is 7.22. The van der Waals surface area contributed by atoms with Crippen LogP contribution >= 0.6 is 0 Å². The van der Waals surface area contributed by atoms with Gasteiger partial charge in [0.25, 0.3) is 0 Å². The van der Waals surface area contributed by atoms with Gasteiger partial charge in [-0.15, -0.1) is 0 Å². The maximum absolute atomic E-state index is 6.16. The van der Waals surface area contributed by atoms with Gasteiger partial charge in [0, 0.05) is 0 Å². The molecule has 0 aromatic heterocycles. The molecule has 4 unspecified atom stereocenters. The van der Waals surface area contributed by atoms with Crippen LogP contribution in [0.2, 0.25) is 0 Å². The van der Waals surface area contributed by atoms with Gasteiger partial charge in [-0.1, -0.05) is 25.0 Å². The lowest BCUT2D eigenvalue weighted by Crippen LogP contribution is -2.17. The van der Waals surface area contributed by atoms with Crippen molar-refractivity contribution >= 4 is 0 Å². The number of hydrogen-bond acceptors (Lipinski definition) is 1. The van der Waals surface area contributed by atoms with Crippen LogP contribution in [0.15, 0.2) is 12.2 Å². The van der Waals surface area contributed by atoms with Gasteiger partial charge in [-0.3, -0.25) is 0 Å². The van der Waals surface area contributed by atoms with Gasteiger partial charge in [0.15, 0.2) is 0 Å². The molecular formula is C15H22O. The van der Waals surface area contributed by atoms with Crippen LogP contribution < -0.4 is 0 Å². The standard InChI is InChI=1S/C15H22O/c1-2-7-14-9-4-10-15(14,16-14)8-3-6-13-11-12(13)5-1/h2,7,12-13H,1,3-6,8-11H2/b7-2-. The molecule has 1 aliphatic heterocycles. The summed E-state index contributed by atoms with van der Waals surface area (Å²) in [5.74, 6) is 2.16. The minimum Gasteiger partial charge on any atom is -0.358 e. The molecule has 3 aliphatic carbocycles. The van der Waals surface area contributed by atoms with E-state index in [-0.39, 0.29) is 5.60 Å². The molecule has 3 fully saturated rings. The Labute approximate surface area is 98.2 Å². The highest BCUT2D eigenvalue weighted by atomic mass is 16.6. The van der Waals surface area contributed by atoms with Crippen LogP contribution in [-0.4, -0.2) is 11.2 Å². The lowest BCUT2D eigenvalue weighted by Gasteiger charge is -2.08. The van der Waals surface area contributed by atoms with Crippen molar-refractivity contribution in [2.24, 2.45) is 11.8 Å². The third-order valence-electron chi connectivity index (χ3n) is 5.55. The zero-order chi connectivity index (χ0) is 10.6. The topological polar surface area (TPSA) is 12.5 Å². The van der Waals surface area contributed by atoms with E-state index >= 15 is 0 Å². The monoisotopic (exact) mass is 218 g/mol. The largest absolute Gasteiger partial charge is 0.358 e. The summed E-state index contributed by atoms with van der Waals surface area (Å²) in [6, 6.07) is 0. The van der Waals surface area contributed by atoms with Crippen molar-refractivity contribution < 1.29 is 4.74 Å². The fourth-order valence-electron chi connectivity index (χ4n) is 4.41. The van der Waals surface area contributed by atoms with Crippen molar-refractivity contribution in [3.05, 3.63) is 12.2 Å². The maximum atomic E-state index is 6.16. The van der Waals surface area contributed by atoms with Gasteiger partial charge in [-0.25, -0.2) is 0 Å². The van der Waals surface area contributed by atoms with E-state index in [2.05, 4.69) is 12.2 Å². The van der Waals surface area contributed by atoms with Crippen molar-refractivity contribution in [3.8, 4) is 0 Å². The molecule has 4 aliphatic rings. The van der Waals surface area contributed by atoms with Gasteiger partial charge in [-0.05, 0) is 56.8 Å². The Morgan fingerprint density at radius 1 is 1.00 bits per heavy atom. The quantitative estimate of drug-likeness (QED) is 0.444. The summed E-state index contributed by atoms with van der Waals surface area (Å²) in [4.78, 5) is 0. The van der Waals surface area contributed by atoms with E-state index in [9.17, 15) is 0 Å². The van der Waals surface area contributed by atoms with Crippen molar-refractivity contribution in [3.63, 3.8) is 0 Å². The zero-order valence-corrected chi connectivity index (χ0v) is 10.1. The average molecular weight is 218 g/mol. The van der Waals surface area contributed by atoms with E-state index in [1.807, 2.05) is 0 Å². The van der Waals surface area contributed by atoms with E-state index in [1.54, 1.807) is 0 Å². The fraction of sp³-hybridized carbons (Fsp3) is 0.867. The van der Waals surface area contributed by atoms with E-state index in [1.165, 1.54) is 57.8 Å². The molecule has 16 heavy (non-hydrogen) atoms. The van der Waals surface area contributed by atoms with Gasteiger partial charge < -0.3 is 4.74 Å². The van der Waals surface area contributed by atoms with Crippen molar-refractivity contribution in [2.45, 2.75) is 69.0 Å². The molecule has 0 amide bonds. The summed E-state index contributed by atoms with van der Waals surface area (Å²) in [6.45, 7) is 0. The Bertz CT molecular complexity index is 334. The fourth-order valence-corrected chi connectivity index (χ4v) is 4.41. The van der Waals surface area contributed by atoms with Gasteiger partial charge in [0.1, 0.15) is 11.2 Å². The Hall–Kier alpha value is -0.300. The first kappa shape index (κ1) is 9.70. The third-order valence-corrected chi connectivity index (χ3v) is 5.55. The summed E-state index contributed by atoms with van der Waals surface area (Å²) < 4.78 is 6.16. The molecule has 0 aromatic carbocycles. The predicted octanol–water partition coefficient (Wildman–Crippen LogP) is 3.83. The Kier molecular flexibility index (Phi) is 1.90. The average Bonchev–Trinajstić information content (AvgIpc) is 3.12. The Morgan fingerprint density at radius 3 is 2.88 bits per heavy atom. The van der Waals surface area contributed by atoms with Crippen LogP contribution in [0.3, 0.4) is 0 Å². The number of epoxide rings is 1. The Balaban J connectivity index is 1.54. The molecule has 1 nitrogen and oxygen atoms in total. The van der Waals surface area contributed by atoms with Crippen LogP contribution in [-0.2, 0) is 4.74 Å². The molecule has 0 N–H and O–H groups in total. The third kappa shape index (κ3) is 1.27. The lowest BCUT2D eigenvalue weighted by atomic mass is 9.90. The molecule has 0 spiro atoms. The van der Waals surface area contributed by atoms with Crippen molar-refractivity contribution in [1.29, 1.82) is 0 Å². The molecule has 2 saturated carbocycles. The van der Waals surface area contributed by atoms with Gasteiger partial charge in [0.05, 0.1) is 0 Å². The maximum Gasteiger partial charge on any atom is 0.116 e. The zero-order valence-electron chi connectivity index (χ0n) is 10.1. The summed E-state index contributed by atoms with van der Waals surface area (Å²) in [7, 11) is 0. The summed E-state index contributed by atoms with van der Waals surface area (Å²) in [6.07, 6.45) is 17.3. The van der Waals surface area contributed by atoms with E-state index in [0.717, 1.165) is 11.8 Å². The molecule has 88 valence electrons. The number of allylic oxidation sites excluding steroid dienone is 1. The molecule has 0 bridgehead atoms. The summed E-state index contributed by atoms with van der Waals surface area (Å²) >= 11 is 0. The number of rotatable bonds is 0. The molecule has 4 rings (SSSR count). The SMILES string of the molecule is C1=C\C23CCCC2(CCCC2CC2CC/1)O3. The van der Waals surface area contributed by atoms with E-state index in [4.69, 9.17) is 4.74 Å². The predicted molar refractivity (Wildman–Crippen MR) is 64.2 cm³/mol. The molecular weight excluding hydrogens is 196 g/mol. The van der Waals surface area contributed by atoms with Crippen molar-refractivity contribution in [1.82, 2.24) is 0 Å². The van der Waals surface area contributed by atoms with Gasteiger partial charge in [0.2, 0.25) is 0 Å². The van der Waals surface area contributed by atoms with Crippen LogP contribution in [0.5, 0.6) is 0 Å². The number of fused-ring (bicyclic) bond motifs is 1. The minimum absolute atomic E-state index is 0.210. The first-order valence-corrected chi connectivity index (χ1v) is 7.22. The van der Waals surface area contributed by atoms with Crippen LogP contribution in [0.25, 0.3) is 0 Å². The summed E-state index contributed by atoms with van der Waals surface area (Å²) in [5, 5.41) is 0. The van der Waals surface area contributed by atoms with E-state index < -0.39 is 0 Å². The molecule has 1 heterocycles. The van der Waals surface area contributed by atoms with Crippen LogP contribution in [0.4, 0.5) is 0 Å². The van der Waals surface area contributed by atoms with Crippen molar-refractivity contribution in [2.75, 3.05) is 0 Å². The van der Waals surface area contributed by atoms with E-state index in [0.29, 0.717) is 5.60 Å². The van der Waals surface area contributed by atoms with Crippen LogP contribution in [0, 0.1) is 11.8 Å². The first-order chi connectivity index (χ1) is 7.84. The minimum atomic E-state index is 0.210. The number of ether oxygens (including phenoxy) is 1. The van der Waals surface area contributed by atoms with Gasteiger partial charge >= 0.3 is 0 Å². The van der Waals surface area contributed by atoms with Crippen LogP contribution in [0.1, 0.15) is 57.8 Å². The normalized spacial score (nSPS) is 56.5.